The summed E-state index contributed by atoms with van der Waals surface area (Å²) in [7, 11) is 1.98. The second kappa shape index (κ2) is 17.2. The molecule has 0 radical (unpaired) electrons. The molecule has 59 heavy (non-hydrogen) atoms. The molecule has 2 saturated heterocycles. The Balaban J connectivity index is 1.12. The number of urea groups is 1. The van der Waals surface area contributed by atoms with Gasteiger partial charge in [-0.15, -0.1) is 6.58 Å². The van der Waals surface area contributed by atoms with Crippen LogP contribution in [0, 0.1) is 0 Å². The van der Waals surface area contributed by atoms with Crippen LogP contribution < -0.4 is 10.6 Å². The molecule has 5 amide bonds. The summed E-state index contributed by atoms with van der Waals surface area (Å²) in [6.07, 6.45) is 8.62. The highest BCUT2D eigenvalue weighted by atomic mass is 16.3. The summed E-state index contributed by atoms with van der Waals surface area (Å²) in [5, 5.41) is 20.5. The van der Waals surface area contributed by atoms with Gasteiger partial charge in [-0.1, -0.05) is 98.1 Å². The van der Waals surface area contributed by atoms with Gasteiger partial charge in [0.25, 0.3) is 5.91 Å². The van der Waals surface area contributed by atoms with Crippen LogP contribution >= 0.6 is 0 Å². The maximum absolute atomic E-state index is 14.8. The summed E-state index contributed by atoms with van der Waals surface area (Å²) >= 11 is 0. The molecule has 2 aliphatic heterocycles. The quantitative estimate of drug-likeness (QED) is 0.134. The lowest BCUT2D eigenvalue weighted by atomic mass is 9.95. The van der Waals surface area contributed by atoms with Crippen molar-refractivity contribution in [3.63, 3.8) is 0 Å². The number of aryl methyl sites for hydroxylation is 1. The zero-order valence-corrected chi connectivity index (χ0v) is 33.4. The van der Waals surface area contributed by atoms with E-state index in [2.05, 4.69) is 34.0 Å². The van der Waals surface area contributed by atoms with E-state index in [1.54, 1.807) is 50.2 Å². The average Bonchev–Trinajstić information content (AvgIpc) is 3.60. The molecular formula is C47H51N7O5. The third kappa shape index (κ3) is 8.31. The van der Waals surface area contributed by atoms with Gasteiger partial charge in [0, 0.05) is 61.9 Å². The number of hydrogen-bond acceptors (Lipinski definition) is 6. The van der Waals surface area contributed by atoms with E-state index in [0.29, 0.717) is 5.56 Å². The van der Waals surface area contributed by atoms with Crippen LogP contribution in [0.2, 0.25) is 0 Å². The van der Waals surface area contributed by atoms with E-state index in [1.807, 2.05) is 73.8 Å². The molecule has 3 heterocycles. The maximum atomic E-state index is 14.8. The summed E-state index contributed by atoms with van der Waals surface area (Å²) in [5.41, 5.74) is 6.05. The van der Waals surface area contributed by atoms with Gasteiger partial charge in [0.15, 0.2) is 0 Å². The number of rotatable bonds is 11. The van der Waals surface area contributed by atoms with Gasteiger partial charge in [0.05, 0.1) is 18.6 Å². The van der Waals surface area contributed by atoms with Crippen molar-refractivity contribution in [1.29, 1.82) is 0 Å². The number of para-hydroxylation sites is 1. The van der Waals surface area contributed by atoms with Gasteiger partial charge < -0.3 is 30.1 Å². The molecule has 8 rings (SSSR count). The molecule has 3 aliphatic rings. The van der Waals surface area contributed by atoms with Crippen molar-refractivity contribution < 1.29 is 24.3 Å². The number of hydrazine groups is 1. The molecule has 1 aliphatic carbocycles. The molecule has 304 valence electrons. The molecule has 0 spiro atoms. The first-order chi connectivity index (χ1) is 28.7. The topological polar surface area (TPSA) is 130 Å². The number of nitrogens with zero attached hydrogens (tertiary/aromatic N) is 5. The molecule has 1 saturated carbocycles. The van der Waals surface area contributed by atoms with E-state index in [4.69, 9.17) is 0 Å². The van der Waals surface area contributed by atoms with E-state index in [9.17, 15) is 24.3 Å². The van der Waals surface area contributed by atoms with Crippen LogP contribution in [0.5, 0.6) is 5.75 Å². The predicted molar refractivity (Wildman–Crippen MR) is 227 cm³/mol. The second-order valence-corrected chi connectivity index (χ2v) is 15.9. The predicted octanol–water partition coefficient (Wildman–Crippen LogP) is 6.35. The molecule has 5 aromatic rings. The zero-order chi connectivity index (χ0) is 41.0. The molecule has 0 unspecified atom stereocenters. The summed E-state index contributed by atoms with van der Waals surface area (Å²) in [6, 6.07) is 28.9. The number of amides is 5. The van der Waals surface area contributed by atoms with E-state index in [0.717, 1.165) is 64.4 Å². The summed E-state index contributed by atoms with van der Waals surface area (Å²) in [5.74, 6) is -0.449. The van der Waals surface area contributed by atoms with Gasteiger partial charge in [0.2, 0.25) is 11.8 Å². The fourth-order valence-corrected chi connectivity index (χ4v) is 9.01. The van der Waals surface area contributed by atoms with Crippen molar-refractivity contribution in [1.82, 2.24) is 35.0 Å². The van der Waals surface area contributed by atoms with E-state index in [-0.39, 0.29) is 74.7 Å². The number of carbonyl (C=O) groups is 4. The average molecular weight is 794 g/mol. The molecule has 12 heteroatoms. The minimum Gasteiger partial charge on any atom is -0.508 e. The lowest BCUT2D eigenvalue weighted by Gasteiger charge is -2.55. The van der Waals surface area contributed by atoms with Crippen molar-refractivity contribution in [2.24, 2.45) is 7.05 Å². The third-order valence-corrected chi connectivity index (χ3v) is 11.9. The molecule has 3 fully saturated rings. The SMILES string of the molecule is C=CCN1CC(=O)N2[C@@H](Cc3ccc(O)cc3)C(=O)N(Cc3cccc4c(-c5cccc(C(=O)NC6CCCCC6)c5)cn(C)c34)C[C@@H]2N1C(=O)NCc1ccccc1. The Kier molecular flexibility index (Phi) is 11.5. The molecule has 3 N–H and O–H groups in total. The number of carbonyl (C=O) groups excluding carboxylic acids is 4. The van der Waals surface area contributed by atoms with Crippen molar-refractivity contribution in [2.75, 3.05) is 19.6 Å². The van der Waals surface area contributed by atoms with Crippen LogP contribution in [0.3, 0.4) is 0 Å². The lowest BCUT2D eigenvalue weighted by Crippen LogP contribution is -2.76. The molecule has 4 aromatic carbocycles. The van der Waals surface area contributed by atoms with Gasteiger partial charge in [-0.3, -0.25) is 14.4 Å². The van der Waals surface area contributed by atoms with Crippen LogP contribution in [0.4, 0.5) is 4.79 Å². The first-order valence-corrected chi connectivity index (χ1v) is 20.5. The molecular weight excluding hydrogens is 743 g/mol. The number of phenols is 1. The van der Waals surface area contributed by atoms with Crippen LogP contribution in [-0.4, -0.2) is 91.1 Å². The number of piperazine rings is 1. The van der Waals surface area contributed by atoms with E-state index in [1.165, 1.54) is 6.42 Å². The van der Waals surface area contributed by atoms with Crippen molar-refractivity contribution in [3.8, 4) is 16.9 Å². The first-order valence-electron chi connectivity index (χ1n) is 20.5. The fraction of sp³-hybridized carbons (Fsp3) is 0.319. The third-order valence-electron chi connectivity index (χ3n) is 11.9. The first kappa shape index (κ1) is 39.4. The van der Waals surface area contributed by atoms with Crippen LogP contribution in [0.1, 0.15) is 59.2 Å². The van der Waals surface area contributed by atoms with Gasteiger partial charge in [0.1, 0.15) is 18.0 Å². The fourth-order valence-electron chi connectivity index (χ4n) is 9.01. The number of aromatic hydroxyl groups is 1. The number of hydrogen-bond donors (Lipinski definition) is 3. The van der Waals surface area contributed by atoms with E-state index < -0.39 is 12.2 Å². The maximum Gasteiger partial charge on any atom is 0.334 e. The summed E-state index contributed by atoms with van der Waals surface area (Å²) in [6.45, 7) is 4.63. The van der Waals surface area contributed by atoms with Crippen molar-refractivity contribution in [3.05, 3.63) is 138 Å². The molecule has 1 aromatic heterocycles. The van der Waals surface area contributed by atoms with Gasteiger partial charge in [-0.25, -0.2) is 14.8 Å². The second-order valence-electron chi connectivity index (χ2n) is 15.9. The van der Waals surface area contributed by atoms with Crippen molar-refractivity contribution in [2.45, 2.75) is 69.9 Å². The van der Waals surface area contributed by atoms with Gasteiger partial charge >= 0.3 is 6.03 Å². The van der Waals surface area contributed by atoms with Crippen LogP contribution in [0.25, 0.3) is 22.0 Å². The highest BCUT2D eigenvalue weighted by Crippen LogP contribution is 2.35. The lowest BCUT2D eigenvalue weighted by molar-refractivity contribution is -0.189. The minimum atomic E-state index is -0.910. The normalized spacial score (nSPS) is 18.8. The van der Waals surface area contributed by atoms with E-state index >= 15 is 0 Å². The number of fused-ring (bicyclic) bond motifs is 2. The Labute approximate surface area is 344 Å². The Morgan fingerprint density at radius 3 is 2.42 bits per heavy atom. The minimum absolute atomic E-state index is 0.0603. The monoisotopic (exact) mass is 793 g/mol. The Bertz CT molecular complexity index is 2350. The Hall–Kier alpha value is -6.40. The standard InChI is InChI=1S/C47H51N7O5/c1-3-24-52-31-43(56)53-41(25-32-20-22-38(55)23-21-32)46(58)51(30-42(53)54(52)47(59)48-27-33-12-6-4-7-13-33)28-36-16-11-19-39-40(29-50(2)44(36)39)34-14-10-15-35(26-34)45(57)49-37-17-8-5-9-18-37/h3-4,6-7,10-16,19-23,26,29,37,41-42,55H,1,5,8-9,17-18,24-25,27-28,30-31H2,2H3,(H,48,59)(H,49,57)/t41-,42-/m0/s1. The smallest absolute Gasteiger partial charge is 0.334 e. The number of nitrogens with one attached hydrogen (secondary N) is 2. The molecule has 0 bridgehead atoms. The Morgan fingerprint density at radius 1 is 0.898 bits per heavy atom. The van der Waals surface area contributed by atoms with Gasteiger partial charge in [-0.2, -0.15) is 0 Å². The number of phenolic OH excluding ortho intramolecular Hbond substituents is 1. The largest absolute Gasteiger partial charge is 0.508 e. The number of benzene rings is 4. The zero-order valence-electron chi connectivity index (χ0n) is 33.4. The molecule has 12 nitrogen and oxygen atoms in total. The van der Waals surface area contributed by atoms with Crippen LogP contribution in [-0.2, 0) is 36.1 Å². The molecule has 2 atom stereocenters. The summed E-state index contributed by atoms with van der Waals surface area (Å²) in [4.78, 5) is 59.8. The van der Waals surface area contributed by atoms with Gasteiger partial charge in [-0.05, 0) is 59.4 Å². The summed E-state index contributed by atoms with van der Waals surface area (Å²) < 4.78 is 2.06. The highest BCUT2D eigenvalue weighted by molar-refractivity contribution is 6.01. The van der Waals surface area contributed by atoms with Crippen molar-refractivity contribution >= 4 is 34.7 Å². The Morgan fingerprint density at radius 2 is 1.66 bits per heavy atom. The number of aromatic nitrogens is 1. The van der Waals surface area contributed by atoms with Crippen LogP contribution in [0.15, 0.2) is 116 Å². The highest BCUT2D eigenvalue weighted by Gasteiger charge is 2.51.